The number of aliphatic hydroxyl groups is 2. The van der Waals surface area contributed by atoms with Crippen LogP contribution in [0.5, 0.6) is 0 Å². The summed E-state index contributed by atoms with van der Waals surface area (Å²) in [6.45, 7) is 4.31. The van der Waals surface area contributed by atoms with Crippen molar-refractivity contribution < 1.29 is 15.0 Å². The Morgan fingerprint density at radius 3 is 1.10 bits per heavy atom. The van der Waals surface area contributed by atoms with E-state index in [0.717, 1.165) is 32.1 Å². The number of hydrogen-bond donors (Lipinski definition) is 3. The van der Waals surface area contributed by atoms with E-state index in [9.17, 15) is 15.0 Å². The zero-order valence-corrected chi connectivity index (χ0v) is 33.9. The monoisotopic (exact) mass is 704 g/mol. The van der Waals surface area contributed by atoms with Crippen molar-refractivity contribution in [2.45, 2.75) is 257 Å². The second-order valence-electron chi connectivity index (χ2n) is 15.5. The molecule has 4 heteroatoms. The van der Waals surface area contributed by atoms with Crippen LogP contribution < -0.4 is 5.32 Å². The van der Waals surface area contributed by atoms with Crippen molar-refractivity contribution in [3.05, 3.63) is 24.3 Å². The Morgan fingerprint density at radius 2 is 0.760 bits per heavy atom. The lowest BCUT2D eigenvalue weighted by Gasteiger charge is -2.20. The Labute approximate surface area is 313 Å². The molecule has 3 N–H and O–H groups in total. The highest BCUT2D eigenvalue weighted by molar-refractivity contribution is 5.76. The van der Waals surface area contributed by atoms with Gasteiger partial charge in [0.15, 0.2) is 0 Å². The van der Waals surface area contributed by atoms with Gasteiger partial charge in [0, 0.05) is 6.42 Å². The molecule has 1 amide bonds. The number of amides is 1. The van der Waals surface area contributed by atoms with Gasteiger partial charge in [0.05, 0.1) is 18.8 Å². The molecule has 0 radical (unpaired) electrons. The van der Waals surface area contributed by atoms with Gasteiger partial charge in [-0.1, -0.05) is 218 Å². The molecule has 0 aromatic heterocycles. The third-order valence-corrected chi connectivity index (χ3v) is 10.4. The summed E-state index contributed by atoms with van der Waals surface area (Å²) in [5.74, 6) is -0.0713. The molecular formula is C46H89NO3. The summed E-state index contributed by atoms with van der Waals surface area (Å²) in [6.07, 6.45) is 54.4. The predicted molar refractivity (Wildman–Crippen MR) is 221 cm³/mol. The molecule has 0 saturated heterocycles. The van der Waals surface area contributed by atoms with Crippen molar-refractivity contribution in [3.8, 4) is 0 Å². The maximum atomic E-state index is 12.4. The van der Waals surface area contributed by atoms with Crippen LogP contribution in [0.1, 0.15) is 245 Å². The molecule has 2 unspecified atom stereocenters. The second kappa shape index (κ2) is 42.3. The molecule has 0 aliphatic rings. The van der Waals surface area contributed by atoms with Crippen molar-refractivity contribution in [2.75, 3.05) is 6.61 Å². The SMILES string of the molecule is CCCCCCC/C=C\CCCCCCCC(=O)NC(CO)C(O)/C=C/CCCCCCCCCCCCCCCCCCCCCCCC. The molecule has 0 bridgehead atoms. The van der Waals surface area contributed by atoms with Crippen LogP contribution in [0.2, 0.25) is 0 Å². The molecule has 0 rings (SSSR count). The van der Waals surface area contributed by atoms with Gasteiger partial charge in [0.25, 0.3) is 0 Å². The molecule has 0 aliphatic heterocycles. The highest BCUT2D eigenvalue weighted by Crippen LogP contribution is 2.16. The molecule has 296 valence electrons. The van der Waals surface area contributed by atoms with Gasteiger partial charge in [-0.3, -0.25) is 4.79 Å². The smallest absolute Gasteiger partial charge is 0.220 e. The molecule has 0 spiro atoms. The summed E-state index contributed by atoms with van der Waals surface area (Å²) in [5.41, 5.74) is 0. The van der Waals surface area contributed by atoms with E-state index < -0.39 is 12.1 Å². The highest BCUT2D eigenvalue weighted by Gasteiger charge is 2.17. The lowest BCUT2D eigenvalue weighted by Crippen LogP contribution is -2.45. The van der Waals surface area contributed by atoms with Gasteiger partial charge in [-0.2, -0.15) is 0 Å². The number of aliphatic hydroxyl groups excluding tert-OH is 2. The molecule has 0 aromatic rings. The third-order valence-electron chi connectivity index (χ3n) is 10.4. The maximum absolute atomic E-state index is 12.4. The third kappa shape index (κ3) is 38.1. The fourth-order valence-electron chi connectivity index (χ4n) is 6.94. The van der Waals surface area contributed by atoms with E-state index in [0.29, 0.717) is 6.42 Å². The summed E-state index contributed by atoms with van der Waals surface area (Å²) in [6, 6.07) is -0.623. The van der Waals surface area contributed by atoms with E-state index in [2.05, 4.69) is 31.3 Å². The molecule has 0 saturated carbocycles. The van der Waals surface area contributed by atoms with Crippen molar-refractivity contribution in [3.63, 3.8) is 0 Å². The van der Waals surface area contributed by atoms with Crippen LogP contribution in [0.3, 0.4) is 0 Å². The van der Waals surface area contributed by atoms with Gasteiger partial charge in [-0.05, 0) is 44.9 Å². The summed E-state index contributed by atoms with van der Waals surface area (Å²) in [5, 5.41) is 23.0. The van der Waals surface area contributed by atoms with Gasteiger partial charge < -0.3 is 15.5 Å². The van der Waals surface area contributed by atoms with Crippen molar-refractivity contribution in [1.29, 1.82) is 0 Å². The molecule has 0 heterocycles. The lowest BCUT2D eigenvalue weighted by atomic mass is 10.0. The van der Waals surface area contributed by atoms with Crippen LogP contribution in [0.4, 0.5) is 0 Å². The van der Waals surface area contributed by atoms with E-state index in [1.807, 2.05) is 6.08 Å². The Bertz CT molecular complexity index is 720. The summed E-state index contributed by atoms with van der Waals surface area (Å²) in [4.78, 5) is 12.4. The van der Waals surface area contributed by atoms with E-state index in [-0.39, 0.29) is 12.5 Å². The Hall–Kier alpha value is -1.13. The van der Waals surface area contributed by atoms with E-state index >= 15 is 0 Å². The topological polar surface area (TPSA) is 69.6 Å². The van der Waals surface area contributed by atoms with Crippen LogP contribution in [0.25, 0.3) is 0 Å². The zero-order chi connectivity index (χ0) is 36.4. The number of rotatable bonds is 41. The lowest BCUT2D eigenvalue weighted by molar-refractivity contribution is -0.123. The molecule has 2 atom stereocenters. The number of hydrogen-bond acceptors (Lipinski definition) is 3. The van der Waals surface area contributed by atoms with Crippen molar-refractivity contribution >= 4 is 5.91 Å². The first-order valence-corrected chi connectivity index (χ1v) is 22.6. The zero-order valence-electron chi connectivity index (χ0n) is 33.9. The minimum absolute atomic E-state index is 0.0713. The first-order valence-electron chi connectivity index (χ1n) is 22.6. The average Bonchev–Trinajstić information content (AvgIpc) is 3.12. The fraction of sp³-hybridized carbons (Fsp3) is 0.891. The van der Waals surface area contributed by atoms with Crippen LogP contribution in [-0.4, -0.2) is 34.9 Å². The van der Waals surface area contributed by atoms with Crippen molar-refractivity contribution in [2.24, 2.45) is 0 Å². The molecular weight excluding hydrogens is 615 g/mol. The van der Waals surface area contributed by atoms with Crippen LogP contribution in [0.15, 0.2) is 24.3 Å². The average molecular weight is 704 g/mol. The van der Waals surface area contributed by atoms with E-state index in [1.165, 1.54) is 193 Å². The van der Waals surface area contributed by atoms with Crippen molar-refractivity contribution in [1.82, 2.24) is 5.32 Å². The number of allylic oxidation sites excluding steroid dienone is 3. The largest absolute Gasteiger partial charge is 0.394 e. The fourth-order valence-corrected chi connectivity index (χ4v) is 6.94. The number of carbonyl (C=O) groups is 1. The summed E-state index contributed by atoms with van der Waals surface area (Å²) >= 11 is 0. The minimum atomic E-state index is -0.840. The minimum Gasteiger partial charge on any atom is -0.394 e. The number of carbonyl (C=O) groups excluding carboxylic acids is 1. The standard InChI is InChI=1S/C46H89NO3/c1-3-5-7-9-11-13-15-17-19-20-21-22-23-24-25-26-27-28-29-31-33-35-37-39-41-45(49)44(43-48)47-46(50)42-40-38-36-34-32-30-18-16-14-12-10-8-6-4-2/h16,18,39,41,44-45,48-49H,3-15,17,19-38,40,42-43H2,1-2H3,(H,47,50)/b18-16-,41-39+. The summed E-state index contributed by atoms with van der Waals surface area (Å²) < 4.78 is 0. The summed E-state index contributed by atoms with van der Waals surface area (Å²) in [7, 11) is 0. The molecule has 0 aromatic carbocycles. The van der Waals surface area contributed by atoms with Gasteiger partial charge in [-0.15, -0.1) is 0 Å². The Balaban J connectivity index is 3.52. The van der Waals surface area contributed by atoms with Gasteiger partial charge in [0.2, 0.25) is 5.91 Å². The predicted octanol–water partition coefficient (Wildman–Crippen LogP) is 14.0. The Kier molecular flexibility index (Phi) is 41.3. The first kappa shape index (κ1) is 48.9. The highest BCUT2D eigenvalue weighted by atomic mass is 16.3. The van der Waals surface area contributed by atoms with Crippen LogP contribution in [0, 0.1) is 0 Å². The maximum Gasteiger partial charge on any atom is 0.220 e. The van der Waals surface area contributed by atoms with E-state index in [1.54, 1.807) is 6.08 Å². The number of unbranched alkanes of at least 4 members (excludes halogenated alkanes) is 32. The van der Waals surface area contributed by atoms with Gasteiger partial charge in [-0.25, -0.2) is 0 Å². The van der Waals surface area contributed by atoms with Crippen LogP contribution >= 0.6 is 0 Å². The number of nitrogens with one attached hydrogen (secondary N) is 1. The Morgan fingerprint density at radius 1 is 0.460 bits per heavy atom. The second-order valence-corrected chi connectivity index (χ2v) is 15.5. The van der Waals surface area contributed by atoms with E-state index in [4.69, 9.17) is 0 Å². The van der Waals surface area contributed by atoms with Gasteiger partial charge in [0.1, 0.15) is 0 Å². The first-order chi connectivity index (χ1) is 24.7. The van der Waals surface area contributed by atoms with Gasteiger partial charge >= 0.3 is 0 Å². The molecule has 0 aliphatic carbocycles. The molecule has 0 fully saturated rings. The normalized spacial score (nSPS) is 13.1. The van der Waals surface area contributed by atoms with Crippen LogP contribution in [-0.2, 0) is 4.79 Å². The molecule has 50 heavy (non-hydrogen) atoms. The quantitative estimate of drug-likeness (QED) is 0.0438. The molecule has 4 nitrogen and oxygen atoms in total.